The fraction of sp³-hybridized carbons (Fsp3) is 0.783. The normalized spacial score (nSPS) is 8.56. The minimum Gasteiger partial charge on any atom is -0.370 e. The van der Waals surface area contributed by atoms with Gasteiger partial charge in [0.1, 0.15) is 26.0 Å². The van der Waals surface area contributed by atoms with E-state index in [0.29, 0.717) is 0 Å². The van der Waals surface area contributed by atoms with Crippen LogP contribution in [-0.4, -0.2) is 118 Å². The average molecular weight is 713 g/mol. The molecule has 0 radical (unpaired) electrons. The van der Waals surface area contributed by atoms with Gasteiger partial charge in [0.15, 0.2) is 0 Å². The number of amides is 3. The Balaban J connectivity index is -0.0000000462. The zero-order valence-electron chi connectivity index (χ0n) is 29.0. The summed E-state index contributed by atoms with van der Waals surface area (Å²) in [7, 11) is 1.48. The molecule has 274 valence electrons. The van der Waals surface area contributed by atoms with E-state index in [0.717, 1.165) is 31.9 Å². The molecule has 15 nitrogen and oxygen atoms in total. The fourth-order valence-electron chi connectivity index (χ4n) is 0.207. The summed E-state index contributed by atoms with van der Waals surface area (Å²) in [6.45, 7) is 10.8. The highest BCUT2D eigenvalue weighted by Gasteiger charge is 2.15. The number of nitrogens with zero attached hydrogens (tertiary/aromatic N) is 6. The van der Waals surface area contributed by atoms with Crippen molar-refractivity contribution in [2.45, 2.75) is 68.0 Å². The van der Waals surface area contributed by atoms with Crippen LogP contribution in [-0.2, 0) is 41.1 Å². The van der Waals surface area contributed by atoms with Gasteiger partial charge in [-0.3, -0.25) is 14.4 Å². The van der Waals surface area contributed by atoms with Crippen molar-refractivity contribution in [3.63, 3.8) is 0 Å². The molecule has 0 aromatic carbocycles. The number of aryl methyl sites for hydroxylation is 1. The second kappa shape index (κ2) is 42.7. The van der Waals surface area contributed by atoms with Crippen LogP contribution in [0.3, 0.4) is 0 Å². The van der Waals surface area contributed by atoms with Crippen molar-refractivity contribution < 1.29 is 53.2 Å². The Labute approximate surface area is 265 Å². The lowest BCUT2D eigenvalue weighted by atomic mass is 10.7. The van der Waals surface area contributed by atoms with Crippen molar-refractivity contribution in [3.8, 4) is 6.07 Å². The zero-order valence-corrected chi connectivity index (χ0v) is 30.6. The highest BCUT2D eigenvalue weighted by atomic mass is 32.2. The molecule has 0 bridgehead atoms. The van der Waals surface area contributed by atoms with E-state index in [-0.39, 0.29) is 24.6 Å². The number of carbonyl (C=O) groups excluding carboxylic acids is 3. The summed E-state index contributed by atoms with van der Waals surface area (Å²) in [6, 6.07) is 1.75. The third-order valence-electron chi connectivity index (χ3n) is 1.43. The van der Waals surface area contributed by atoms with Gasteiger partial charge >= 0.3 is 6.18 Å². The molecule has 0 unspecified atom stereocenters. The minimum atomic E-state index is -4.00. The number of hydrogen-bond donors (Lipinski definition) is 2. The maximum Gasteiger partial charge on any atom is 0.386 e. The molecule has 0 aliphatic carbocycles. The Kier molecular flexibility index (Phi) is 61.1. The zero-order chi connectivity index (χ0) is 39.2. The van der Waals surface area contributed by atoms with Crippen molar-refractivity contribution in [2.24, 2.45) is 12.8 Å². The first-order valence-electron chi connectivity index (χ1n) is 11.9. The molecule has 1 rings (SSSR count). The predicted molar refractivity (Wildman–Crippen MR) is 165 cm³/mol. The number of alkyl halides is 5. The Bertz CT molecular complexity index is 975. The van der Waals surface area contributed by atoms with Crippen molar-refractivity contribution in [1.82, 2.24) is 30.4 Å². The van der Waals surface area contributed by atoms with Gasteiger partial charge in [0.2, 0.25) is 24.1 Å². The summed E-state index contributed by atoms with van der Waals surface area (Å²) in [6.07, 6.45) is 0. The number of tetrazole rings is 1. The van der Waals surface area contributed by atoms with Crippen LogP contribution in [0.5, 0.6) is 0 Å². The number of primary amides is 1. The van der Waals surface area contributed by atoms with Crippen molar-refractivity contribution in [1.29, 1.82) is 5.26 Å². The maximum atomic E-state index is 10.4. The number of carbonyl (C=O) groups is 3. The van der Waals surface area contributed by atoms with E-state index >= 15 is 0 Å². The minimum absolute atomic E-state index is 0.00463. The van der Waals surface area contributed by atoms with Crippen LogP contribution in [0.15, 0.2) is 6.33 Å². The highest BCUT2D eigenvalue weighted by molar-refractivity contribution is 7.90. The van der Waals surface area contributed by atoms with Crippen LogP contribution >= 0.6 is 0 Å². The third-order valence-corrected chi connectivity index (χ3v) is 1.43. The molecule has 0 saturated heterocycles. The standard InChI is InChI=1S/C4H9NO.C3H7NO.C2H3F3.C2H4F2.C2H4N4.C2H5NO.C2H3N.2C2H6O2S.C2H6/c1-4(6)5(2)3;1-3(5)4-2;1-2(3,4)5;1-2(3)4;1-6-2-3-4-5-6;1-2(3)4;1-2-3;2*1-5(2,3)4;1-2/h1-3H3;1-2H3,(H,4,5);1H3;2H,1H3;2H,1H3;1H3,(H2,3,4);1H3;2*1-2H3;1-2H3. The molecule has 1 heterocycles. The molecule has 0 atom stereocenters. The van der Waals surface area contributed by atoms with Gasteiger partial charge in [0.05, 0.1) is 6.07 Å². The molecule has 3 N–H and O–H groups in total. The molecule has 1 aromatic rings. The molecule has 0 saturated carbocycles. The molecule has 0 spiro atoms. The number of nitriles is 1. The number of sulfone groups is 2. The summed E-state index contributed by atoms with van der Waals surface area (Å²) < 4.78 is 91.8. The average Bonchev–Trinajstić information content (AvgIpc) is 3.23. The van der Waals surface area contributed by atoms with Gasteiger partial charge in [0.25, 0.3) is 0 Å². The van der Waals surface area contributed by atoms with Crippen molar-refractivity contribution in [3.05, 3.63) is 6.33 Å². The van der Waals surface area contributed by atoms with Gasteiger partial charge in [-0.25, -0.2) is 30.3 Å². The largest absolute Gasteiger partial charge is 0.386 e. The number of hydrogen-bond acceptors (Lipinski definition) is 11. The number of aromatic nitrogens is 4. The van der Waals surface area contributed by atoms with Crippen molar-refractivity contribution in [2.75, 3.05) is 46.2 Å². The number of halogens is 5. The van der Waals surface area contributed by atoms with E-state index in [4.69, 9.17) is 5.26 Å². The van der Waals surface area contributed by atoms with E-state index in [9.17, 15) is 53.2 Å². The second-order valence-electron chi connectivity index (χ2n) is 7.62. The molecule has 45 heavy (non-hydrogen) atoms. The van der Waals surface area contributed by atoms with Crippen LogP contribution < -0.4 is 11.1 Å². The maximum absolute atomic E-state index is 10.4. The summed E-state index contributed by atoms with van der Waals surface area (Å²) in [5, 5.41) is 19.9. The van der Waals surface area contributed by atoms with Gasteiger partial charge in [-0.2, -0.15) is 18.4 Å². The van der Waals surface area contributed by atoms with Crippen LogP contribution in [0.1, 0.15) is 55.4 Å². The molecule has 0 aliphatic rings. The van der Waals surface area contributed by atoms with Gasteiger partial charge in [-0.1, -0.05) is 13.8 Å². The molecular weight excluding hydrogens is 659 g/mol. The molecule has 0 fully saturated rings. The van der Waals surface area contributed by atoms with E-state index in [2.05, 4.69) is 26.6 Å². The first-order valence-corrected chi connectivity index (χ1v) is 16.5. The smallest absolute Gasteiger partial charge is 0.370 e. The Morgan fingerprint density at radius 1 is 0.978 bits per heavy atom. The molecular formula is C23H53F5N8O7S2. The monoisotopic (exact) mass is 712 g/mol. The summed E-state index contributed by atoms with van der Waals surface area (Å²) in [5.74, 6) is -0.236. The lowest BCUT2D eigenvalue weighted by Gasteiger charge is -2.02. The topological polar surface area (TPSA) is 228 Å². The predicted octanol–water partition coefficient (Wildman–Crippen LogP) is 2.27. The molecule has 1 aromatic heterocycles. The second-order valence-corrected chi connectivity index (χ2v) is 12.2. The van der Waals surface area contributed by atoms with Crippen LogP contribution in [0.2, 0.25) is 0 Å². The first kappa shape index (κ1) is 64.5. The van der Waals surface area contributed by atoms with E-state index < -0.39 is 32.3 Å². The number of nitrogens with two attached hydrogens (primary N) is 1. The number of rotatable bonds is 0. The van der Waals surface area contributed by atoms with Crippen LogP contribution in [0.4, 0.5) is 22.0 Å². The van der Waals surface area contributed by atoms with Crippen LogP contribution in [0.25, 0.3) is 0 Å². The fourth-order valence-corrected chi connectivity index (χ4v) is 0.207. The van der Waals surface area contributed by atoms with E-state index in [1.807, 2.05) is 13.8 Å². The summed E-state index contributed by atoms with van der Waals surface area (Å²) in [4.78, 5) is 30.5. The molecule has 0 aliphatic heterocycles. The quantitative estimate of drug-likeness (QED) is 0.371. The number of nitrogens with one attached hydrogen (secondary N) is 1. The highest BCUT2D eigenvalue weighted by Crippen LogP contribution is 2.10. The third kappa shape index (κ3) is 663. The SMILES string of the molecule is CC.CC#N.CC(=O)N(C)C.CC(F)(F)F.CC(F)F.CC(N)=O.CNC(C)=O.CS(C)(=O)=O.CS(C)(=O)=O.Cn1cnnn1. The lowest BCUT2D eigenvalue weighted by molar-refractivity contribution is -0.126. The Morgan fingerprint density at radius 3 is 1.16 bits per heavy atom. The van der Waals surface area contributed by atoms with Crippen LogP contribution in [0, 0.1) is 11.3 Å². The summed E-state index contributed by atoms with van der Waals surface area (Å²) in [5.41, 5.74) is 4.47. The summed E-state index contributed by atoms with van der Waals surface area (Å²) >= 11 is 0. The van der Waals surface area contributed by atoms with Crippen molar-refractivity contribution >= 4 is 37.4 Å². The van der Waals surface area contributed by atoms with E-state index in [1.165, 1.54) is 43.6 Å². The first-order chi connectivity index (χ1) is 19.7. The van der Waals surface area contributed by atoms with Gasteiger partial charge in [-0.05, 0) is 17.4 Å². The molecule has 3 amide bonds. The van der Waals surface area contributed by atoms with E-state index in [1.54, 1.807) is 34.3 Å². The molecule has 22 heteroatoms. The lowest BCUT2D eigenvalue weighted by Crippen LogP contribution is -2.17. The van der Waals surface area contributed by atoms with Gasteiger partial charge in [-0.15, -0.1) is 5.10 Å². The Morgan fingerprint density at radius 2 is 1.13 bits per heavy atom. The Hall–Kier alpha value is -3.48. The van der Waals surface area contributed by atoms with Gasteiger partial charge < -0.3 is 16.0 Å². The van der Waals surface area contributed by atoms with Gasteiger partial charge in [0, 0.05) is 87.8 Å².